The van der Waals surface area contributed by atoms with Crippen molar-refractivity contribution in [2.75, 3.05) is 19.6 Å². The van der Waals surface area contributed by atoms with Gasteiger partial charge >= 0.3 is 0 Å². The maximum absolute atomic E-state index is 9.20. The molecular formula is C13H21N3O. The summed E-state index contributed by atoms with van der Waals surface area (Å²) in [6, 6.07) is 7.78. The number of hydrogen-bond donors (Lipinski definition) is 3. The lowest BCUT2D eigenvalue weighted by atomic mass is 10.0. The van der Waals surface area contributed by atoms with Crippen LogP contribution in [-0.2, 0) is 6.42 Å². The van der Waals surface area contributed by atoms with Crippen LogP contribution in [0.15, 0.2) is 24.3 Å². The summed E-state index contributed by atoms with van der Waals surface area (Å²) in [7, 11) is 0. The van der Waals surface area contributed by atoms with Crippen LogP contribution in [0.1, 0.15) is 12.0 Å². The van der Waals surface area contributed by atoms with E-state index in [0.717, 1.165) is 32.5 Å². The van der Waals surface area contributed by atoms with Gasteiger partial charge < -0.3 is 16.6 Å². The quantitative estimate of drug-likeness (QED) is 0.704. The second-order valence-electron chi connectivity index (χ2n) is 4.93. The second kappa shape index (κ2) is 5.49. The number of rotatable bonds is 3. The number of phenols is 1. The van der Waals surface area contributed by atoms with Crippen LogP contribution in [0.5, 0.6) is 5.75 Å². The van der Waals surface area contributed by atoms with Crippen molar-refractivity contribution >= 4 is 0 Å². The van der Waals surface area contributed by atoms with Crippen LogP contribution >= 0.6 is 0 Å². The Bertz CT molecular complexity index is 342. The molecule has 1 fully saturated rings. The van der Waals surface area contributed by atoms with Crippen molar-refractivity contribution in [3.05, 3.63) is 29.8 Å². The van der Waals surface area contributed by atoms with Crippen molar-refractivity contribution < 1.29 is 5.11 Å². The molecule has 1 aliphatic rings. The van der Waals surface area contributed by atoms with E-state index < -0.39 is 0 Å². The van der Waals surface area contributed by atoms with Gasteiger partial charge in [-0.3, -0.25) is 4.90 Å². The Morgan fingerprint density at radius 1 is 1.12 bits per heavy atom. The molecule has 1 heterocycles. The molecule has 4 heteroatoms. The zero-order valence-corrected chi connectivity index (χ0v) is 10.0. The summed E-state index contributed by atoms with van der Waals surface area (Å²) in [4.78, 5) is 2.33. The Kier molecular flexibility index (Phi) is 3.99. The number of hydrogen-bond acceptors (Lipinski definition) is 4. The second-order valence-corrected chi connectivity index (χ2v) is 4.93. The third-order valence-electron chi connectivity index (χ3n) is 3.24. The zero-order chi connectivity index (χ0) is 12.3. The fraction of sp³-hybridized carbons (Fsp3) is 0.538. The van der Waals surface area contributed by atoms with Gasteiger partial charge in [0, 0.05) is 31.7 Å². The number of phenolic OH excluding ortho intramolecular Hbond substituents is 1. The van der Waals surface area contributed by atoms with Crippen molar-refractivity contribution in [1.82, 2.24) is 4.90 Å². The lowest BCUT2D eigenvalue weighted by molar-refractivity contribution is 0.192. The van der Waals surface area contributed by atoms with E-state index in [-0.39, 0.29) is 12.1 Å². The van der Waals surface area contributed by atoms with Gasteiger partial charge in [-0.05, 0) is 30.5 Å². The lowest BCUT2D eigenvalue weighted by Gasteiger charge is -2.34. The van der Waals surface area contributed by atoms with Gasteiger partial charge in [0.2, 0.25) is 0 Å². The SMILES string of the molecule is N[C@@H]1C[C@H](N)CN(CCc2ccc(O)cc2)C1. The fourth-order valence-corrected chi connectivity index (χ4v) is 2.41. The van der Waals surface area contributed by atoms with Gasteiger partial charge in [0.1, 0.15) is 5.75 Å². The average molecular weight is 235 g/mol. The summed E-state index contributed by atoms with van der Waals surface area (Å²) in [6.07, 6.45) is 1.90. The molecular weight excluding hydrogens is 214 g/mol. The molecule has 0 amide bonds. The summed E-state index contributed by atoms with van der Waals surface area (Å²) >= 11 is 0. The maximum atomic E-state index is 9.20. The minimum Gasteiger partial charge on any atom is -0.508 e. The summed E-state index contributed by atoms with van der Waals surface area (Å²) in [6.45, 7) is 2.85. The molecule has 1 saturated heterocycles. The van der Waals surface area contributed by atoms with E-state index in [2.05, 4.69) is 4.90 Å². The molecule has 0 spiro atoms. The van der Waals surface area contributed by atoms with E-state index in [0.29, 0.717) is 5.75 Å². The number of nitrogens with zero attached hydrogens (tertiary/aromatic N) is 1. The van der Waals surface area contributed by atoms with Gasteiger partial charge in [-0.2, -0.15) is 0 Å². The predicted molar refractivity (Wildman–Crippen MR) is 68.8 cm³/mol. The number of likely N-dealkylation sites (tertiary alicyclic amines) is 1. The smallest absolute Gasteiger partial charge is 0.115 e. The average Bonchev–Trinajstić information content (AvgIpc) is 2.27. The van der Waals surface area contributed by atoms with Crippen molar-refractivity contribution in [2.24, 2.45) is 11.5 Å². The van der Waals surface area contributed by atoms with E-state index in [1.807, 2.05) is 12.1 Å². The number of nitrogens with two attached hydrogens (primary N) is 2. The minimum atomic E-state index is 0.207. The highest BCUT2D eigenvalue weighted by molar-refractivity contribution is 5.26. The standard InChI is InChI=1S/C13H21N3O/c14-11-7-12(15)9-16(8-11)6-5-10-1-3-13(17)4-2-10/h1-4,11-12,17H,5-9,14-15H2/t11-,12+. The summed E-state index contributed by atoms with van der Waals surface area (Å²) in [5.41, 5.74) is 13.1. The molecule has 0 aliphatic carbocycles. The molecule has 1 aliphatic heterocycles. The molecule has 0 saturated carbocycles. The summed E-state index contributed by atoms with van der Waals surface area (Å²) in [5, 5.41) is 9.20. The highest BCUT2D eigenvalue weighted by Gasteiger charge is 2.21. The van der Waals surface area contributed by atoms with E-state index in [4.69, 9.17) is 11.5 Å². The van der Waals surface area contributed by atoms with Crippen LogP contribution in [0.4, 0.5) is 0 Å². The maximum Gasteiger partial charge on any atom is 0.115 e. The molecule has 0 radical (unpaired) electrons. The molecule has 5 N–H and O–H groups in total. The normalized spacial score (nSPS) is 26.0. The highest BCUT2D eigenvalue weighted by atomic mass is 16.3. The van der Waals surface area contributed by atoms with Crippen LogP contribution in [0.25, 0.3) is 0 Å². The molecule has 1 aromatic rings. The molecule has 4 nitrogen and oxygen atoms in total. The molecule has 2 atom stereocenters. The van der Waals surface area contributed by atoms with Crippen LogP contribution in [0, 0.1) is 0 Å². The monoisotopic (exact) mass is 235 g/mol. The van der Waals surface area contributed by atoms with E-state index in [1.54, 1.807) is 12.1 Å². The highest BCUT2D eigenvalue weighted by Crippen LogP contribution is 2.12. The molecule has 1 aromatic carbocycles. The molecule has 17 heavy (non-hydrogen) atoms. The first kappa shape index (κ1) is 12.4. The van der Waals surface area contributed by atoms with E-state index in [9.17, 15) is 5.11 Å². The Morgan fingerprint density at radius 3 is 2.29 bits per heavy atom. The van der Waals surface area contributed by atoms with Gasteiger partial charge in [-0.1, -0.05) is 12.1 Å². The molecule has 0 bridgehead atoms. The van der Waals surface area contributed by atoms with Gasteiger partial charge in [-0.15, -0.1) is 0 Å². The summed E-state index contributed by atoms with van der Waals surface area (Å²) in [5.74, 6) is 0.316. The van der Waals surface area contributed by atoms with Gasteiger partial charge in [0.25, 0.3) is 0 Å². The zero-order valence-electron chi connectivity index (χ0n) is 10.0. The fourth-order valence-electron chi connectivity index (χ4n) is 2.41. The third kappa shape index (κ3) is 3.70. The van der Waals surface area contributed by atoms with Crippen molar-refractivity contribution in [1.29, 1.82) is 0 Å². The van der Waals surface area contributed by atoms with Gasteiger partial charge in [-0.25, -0.2) is 0 Å². The molecule has 0 aromatic heterocycles. The lowest BCUT2D eigenvalue weighted by Crippen LogP contribution is -2.52. The van der Waals surface area contributed by atoms with Crippen LogP contribution in [0.2, 0.25) is 0 Å². The number of benzene rings is 1. The Labute approximate surface area is 102 Å². The Balaban J connectivity index is 1.83. The van der Waals surface area contributed by atoms with Crippen molar-refractivity contribution in [3.63, 3.8) is 0 Å². The first-order valence-electron chi connectivity index (χ1n) is 6.15. The first-order chi connectivity index (χ1) is 8.13. The van der Waals surface area contributed by atoms with Crippen LogP contribution in [0.3, 0.4) is 0 Å². The van der Waals surface area contributed by atoms with Gasteiger partial charge in [0.15, 0.2) is 0 Å². The number of aromatic hydroxyl groups is 1. The topological polar surface area (TPSA) is 75.5 Å². The van der Waals surface area contributed by atoms with E-state index in [1.165, 1.54) is 5.56 Å². The third-order valence-corrected chi connectivity index (χ3v) is 3.24. The Morgan fingerprint density at radius 2 is 1.71 bits per heavy atom. The van der Waals surface area contributed by atoms with Crippen LogP contribution < -0.4 is 11.5 Å². The molecule has 0 unspecified atom stereocenters. The van der Waals surface area contributed by atoms with Crippen molar-refractivity contribution in [2.45, 2.75) is 24.9 Å². The van der Waals surface area contributed by atoms with Gasteiger partial charge in [0.05, 0.1) is 0 Å². The first-order valence-corrected chi connectivity index (χ1v) is 6.15. The predicted octanol–water partition coefficient (Wildman–Crippen LogP) is 0.295. The largest absolute Gasteiger partial charge is 0.508 e. The van der Waals surface area contributed by atoms with Crippen LogP contribution in [-0.4, -0.2) is 41.7 Å². The van der Waals surface area contributed by atoms with E-state index >= 15 is 0 Å². The van der Waals surface area contributed by atoms with Crippen molar-refractivity contribution in [3.8, 4) is 5.75 Å². The minimum absolute atomic E-state index is 0.207. The molecule has 94 valence electrons. The summed E-state index contributed by atoms with van der Waals surface area (Å²) < 4.78 is 0. The Hall–Kier alpha value is -1.10. The molecule has 2 rings (SSSR count). The number of piperidine rings is 1.